The van der Waals surface area contributed by atoms with Gasteiger partial charge in [-0.2, -0.15) is 0 Å². The van der Waals surface area contributed by atoms with Crippen molar-refractivity contribution in [1.29, 1.82) is 0 Å². The maximum atomic E-state index is 12.8. The second-order valence-electron chi connectivity index (χ2n) is 7.52. The summed E-state index contributed by atoms with van der Waals surface area (Å²) in [5.74, 6) is 0.916. The first-order chi connectivity index (χ1) is 12.4. The number of amides is 1. The molecule has 142 valence electrons. The van der Waals surface area contributed by atoms with E-state index in [-0.39, 0.29) is 23.3 Å². The summed E-state index contributed by atoms with van der Waals surface area (Å²) in [5, 5.41) is 4.45. The number of nitrogens with one attached hydrogen (secondary N) is 1. The molecule has 0 spiro atoms. The molecule has 0 aromatic carbocycles. The third-order valence-electron chi connectivity index (χ3n) is 4.82. The van der Waals surface area contributed by atoms with E-state index in [1.165, 1.54) is 22.2 Å². The van der Waals surface area contributed by atoms with Gasteiger partial charge in [-0.3, -0.25) is 14.2 Å². The fourth-order valence-corrected chi connectivity index (χ4v) is 5.42. The van der Waals surface area contributed by atoms with Crippen LogP contribution in [0.15, 0.2) is 9.95 Å². The van der Waals surface area contributed by atoms with E-state index in [1.54, 1.807) is 23.0 Å². The van der Waals surface area contributed by atoms with E-state index in [9.17, 15) is 9.59 Å². The first-order valence-electron chi connectivity index (χ1n) is 9.30. The fourth-order valence-electron chi connectivity index (χ4n) is 3.34. The molecule has 26 heavy (non-hydrogen) atoms. The zero-order valence-corrected chi connectivity index (χ0v) is 17.6. The van der Waals surface area contributed by atoms with Crippen LogP contribution in [0.5, 0.6) is 0 Å². The number of rotatable bonds is 7. The van der Waals surface area contributed by atoms with Gasteiger partial charge in [-0.15, -0.1) is 11.3 Å². The lowest BCUT2D eigenvalue weighted by atomic mass is 10.0. The van der Waals surface area contributed by atoms with Gasteiger partial charge in [0.2, 0.25) is 5.91 Å². The van der Waals surface area contributed by atoms with Crippen LogP contribution in [0.4, 0.5) is 0 Å². The molecule has 7 heteroatoms. The van der Waals surface area contributed by atoms with Crippen LogP contribution in [0, 0.1) is 5.92 Å². The molecule has 0 aliphatic heterocycles. The highest BCUT2D eigenvalue weighted by Gasteiger charge is 2.22. The largest absolute Gasteiger partial charge is 0.353 e. The van der Waals surface area contributed by atoms with Crippen molar-refractivity contribution in [3.8, 4) is 0 Å². The molecule has 2 heterocycles. The third kappa shape index (κ3) is 4.14. The third-order valence-corrected chi connectivity index (χ3v) is 7.04. The van der Waals surface area contributed by atoms with Crippen LogP contribution >= 0.6 is 23.1 Å². The number of hydrogen-bond donors (Lipinski definition) is 1. The van der Waals surface area contributed by atoms with Gasteiger partial charge in [-0.05, 0) is 50.5 Å². The Morgan fingerprint density at radius 3 is 2.81 bits per heavy atom. The van der Waals surface area contributed by atoms with E-state index >= 15 is 0 Å². The van der Waals surface area contributed by atoms with E-state index in [0.717, 1.165) is 42.3 Å². The lowest BCUT2D eigenvalue weighted by Crippen LogP contribution is -2.34. The first kappa shape index (κ1) is 19.4. The monoisotopic (exact) mass is 393 g/mol. The molecule has 1 amide bonds. The average Bonchev–Trinajstić information content (AvgIpc) is 3.15. The second-order valence-corrected chi connectivity index (χ2v) is 9.55. The molecule has 0 fully saturated rings. The number of fused-ring (bicyclic) bond motifs is 3. The van der Waals surface area contributed by atoms with Crippen molar-refractivity contribution < 1.29 is 4.79 Å². The maximum Gasteiger partial charge on any atom is 0.262 e. The summed E-state index contributed by atoms with van der Waals surface area (Å²) in [7, 11) is 1.75. The van der Waals surface area contributed by atoms with Gasteiger partial charge >= 0.3 is 0 Å². The number of thiophene rings is 1. The highest BCUT2D eigenvalue weighted by Crippen LogP contribution is 2.35. The molecule has 5 nitrogen and oxygen atoms in total. The van der Waals surface area contributed by atoms with E-state index < -0.39 is 0 Å². The van der Waals surface area contributed by atoms with E-state index in [4.69, 9.17) is 0 Å². The van der Waals surface area contributed by atoms with Gasteiger partial charge < -0.3 is 5.32 Å². The molecule has 3 rings (SSSR count). The van der Waals surface area contributed by atoms with Crippen molar-refractivity contribution in [2.45, 2.75) is 64.1 Å². The van der Waals surface area contributed by atoms with Crippen molar-refractivity contribution in [2.24, 2.45) is 13.0 Å². The highest BCUT2D eigenvalue weighted by molar-refractivity contribution is 7.99. The van der Waals surface area contributed by atoms with E-state index in [0.29, 0.717) is 11.1 Å². The summed E-state index contributed by atoms with van der Waals surface area (Å²) in [6.07, 6.45) is 5.25. The predicted octanol–water partition coefficient (Wildman–Crippen LogP) is 3.52. The molecular formula is C19H27N3O2S2. The van der Waals surface area contributed by atoms with Gasteiger partial charge in [0.15, 0.2) is 5.16 Å². The van der Waals surface area contributed by atoms with Crippen molar-refractivity contribution in [3.05, 3.63) is 20.8 Å². The van der Waals surface area contributed by atoms with Gasteiger partial charge in [0.1, 0.15) is 4.83 Å². The maximum absolute atomic E-state index is 12.8. The summed E-state index contributed by atoms with van der Waals surface area (Å²) in [6, 6.07) is 0.171. The van der Waals surface area contributed by atoms with Crippen LogP contribution in [0.1, 0.15) is 50.5 Å². The zero-order chi connectivity index (χ0) is 18.8. The molecule has 2 aromatic rings. The molecule has 0 saturated carbocycles. The molecule has 0 radical (unpaired) electrons. The van der Waals surface area contributed by atoms with E-state index in [2.05, 4.69) is 24.1 Å². The quantitative estimate of drug-likeness (QED) is 0.577. The number of nitrogens with zero attached hydrogens (tertiary/aromatic N) is 2. The Morgan fingerprint density at radius 1 is 1.31 bits per heavy atom. The van der Waals surface area contributed by atoms with Gasteiger partial charge in [-0.25, -0.2) is 4.98 Å². The van der Waals surface area contributed by atoms with Crippen LogP contribution in [-0.2, 0) is 24.7 Å². The van der Waals surface area contributed by atoms with Crippen molar-refractivity contribution in [2.75, 3.05) is 5.75 Å². The Hall–Kier alpha value is -1.34. The van der Waals surface area contributed by atoms with Gasteiger partial charge in [0, 0.05) is 18.0 Å². The lowest BCUT2D eigenvalue weighted by Gasteiger charge is -2.15. The Kier molecular flexibility index (Phi) is 6.07. The summed E-state index contributed by atoms with van der Waals surface area (Å²) in [4.78, 5) is 31.8. The minimum atomic E-state index is -0.00530. The van der Waals surface area contributed by atoms with Crippen LogP contribution in [0.25, 0.3) is 10.2 Å². The Labute approximate surface area is 162 Å². The number of carbonyl (C=O) groups is 1. The molecule has 1 N–H and O–H groups in total. The summed E-state index contributed by atoms with van der Waals surface area (Å²) < 4.78 is 1.59. The smallest absolute Gasteiger partial charge is 0.262 e. The first-order valence-corrected chi connectivity index (χ1v) is 11.1. The van der Waals surface area contributed by atoms with Crippen LogP contribution in [-0.4, -0.2) is 27.3 Å². The highest BCUT2D eigenvalue weighted by atomic mass is 32.2. The van der Waals surface area contributed by atoms with Crippen LogP contribution in [0.2, 0.25) is 0 Å². The Balaban J connectivity index is 1.67. The predicted molar refractivity (Wildman–Crippen MR) is 109 cm³/mol. The SMILES string of the molecule is CC(C)CC[C@@H](C)NC(=O)CSc1nc2sc3c(c2c(=O)n1C)CCC3. The topological polar surface area (TPSA) is 64.0 Å². The summed E-state index contributed by atoms with van der Waals surface area (Å²) in [5.41, 5.74) is 1.22. The zero-order valence-electron chi connectivity index (χ0n) is 15.9. The Bertz CT molecular complexity index is 870. The van der Waals surface area contributed by atoms with Crippen LogP contribution in [0.3, 0.4) is 0 Å². The molecule has 1 aliphatic carbocycles. The lowest BCUT2D eigenvalue weighted by molar-refractivity contribution is -0.119. The summed E-state index contributed by atoms with van der Waals surface area (Å²) in [6.45, 7) is 6.42. The number of thioether (sulfide) groups is 1. The molecule has 2 aromatic heterocycles. The standard InChI is InChI=1S/C19H27N3O2S2/c1-11(2)8-9-12(3)20-15(23)10-25-19-21-17-16(18(24)22(19)4)13-6-5-7-14(13)26-17/h11-12H,5-10H2,1-4H3,(H,20,23)/t12-/m1/s1. The molecule has 0 saturated heterocycles. The van der Waals surface area contributed by atoms with Gasteiger partial charge in [0.05, 0.1) is 11.1 Å². The van der Waals surface area contributed by atoms with Gasteiger partial charge in [0.25, 0.3) is 5.56 Å². The molecule has 1 aliphatic rings. The van der Waals surface area contributed by atoms with E-state index in [1.807, 2.05) is 6.92 Å². The molecule has 1 atom stereocenters. The normalized spacial score (nSPS) is 14.8. The summed E-state index contributed by atoms with van der Waals surface area (Å²) >= 11 is 2.98. The minimum Gasteiger partial charge on any atom is -0.353 e. The number of carbonyl (C=O) groups excluding carboxylic acids is 1. The second kappa shape index (κ2) is 8.13. The number of aromatic nitrogens is 2. The number of hydrogen-bond acceptors (Lipinski definition) is 5. The average molecular weight is 394 g/mol. The van der Waals surface area contributed by atoms with Crippen molar-refractivity contribution >= 4 is 39.2 Å². The molecule has 0 bridgehead atoms. The Morgan fingerprint density at radius 2 is 2.08 bits per heavy atom. The van der Waals surface area contributed by atoms with Crippen molar-refractivity contribution in [3.63, 3.8) is 0 Å². The minimum absolute atomic E-state index is 0.00530. The molecule has 0 unspecified atom stereocenters. The van der Waals surface area contributed by atoms with Crippen LogP contribution < -0.4 is 10.9 Å². The number of aryl methyl sites for hydroxylation is 2. The van der Waals surface area contributed by atoms with Gasteiger partial charge in [-0.1, -0.05) is 25.6 Å². The van der Waals surface area contributed by atoms with Crippen molar-refractivity contribution in [1.82, 2.24) is 14.9 Å². The fraction of sp³-hybridized carbons (Fsp3) is 0.632. The molecular weight excluding hydrogens is 366 g/mol.